The molecule has 0 spiro atoms. The fourth-order valence-electron chi connectivity index (χ4n) is 2.22. The minimum absolute atomic E-state index is 0.0942. The van der Waals surface area contributed by atoms with Gasteiger partial charge in [-0.2, -0.15) is 0 Å². The van der Waals surface area contributed by atoms with Crippen molar-refractivity contribution in [1.82, 2.24) is 0 Å². The number of hydrogen-bond acceptors (Lipinski definition) is 2. The Labute approximate surface area is 112 Å². The molecule has 0 aliphatic carbocycles. The van der Waals surface area contributed by atoms with Crippen LogP contribution in [0.1, 0.15) is 24.8 Å². The summed E-state index contributed by atoms with van der Waals surface area (Å²) in [4.78, 5) is 0. The van der Waals surface area contributed by atoms with E-state index in [0.717, 1.165) is 37.9 Å². The van der Waals surface area contributed by atoms with Crippen molar-refractivity contribution in [2.75, 3.05) is 6.61 Å². The van der Waals surface area contributed by atoms with Crippen molar-refractivity contribution in [2.24, 2.45) is 5.73 Å². The van der Waals surface area contributed by atoms with Gasteiger partial charge in [-0.05, 0) is 43.4 Å². The van der Waals surface area contributed by atoms with Gasteiger partial charge in [0.05, 0.1) is 6.10 Å². The summed E-state index contributed by atoms with van der Waals surface area (Å²) in [7, 11) is 0. The van der Waals surface area contributed by atoms with Crippen LogP contribution in [0.4, 0.5) is 0 Å². The van der Waals surface area contributed by atoms with Gasteiger partial charge in [-0.25, -0.2) is 0 Å². The largest absolute Gasteiger partial charge is 0.378 e. The van der Waals surface area contributed by atoms with Gasteiger partial charge in [0.1, 0.15) is 0 Å². The Kier molecular flexibility index (Phi) is 4.69. The molecule has 17 heavy (non-hydrogen) atoms. The highest BCUT2D eigenvalue weighted by atomic mass is 35.5. The molecule has 1 aromatic carbocycles. The lowest BCUT2D eigenvalue weighted by atomic mass is 10.0. The molecule has 2 rings (SSSR count). The van der Waals surface area contributed by atoms with E-state index < -0.39 is 0 Å². The summed E-state index contributed by atoms with van der Waals surface area (Å²) in [6.45, 7) is 0.874. The van der Waals surface area contributed by atoms with Gasteiger partial charge in [0, 0.05) is 22.7 Å². The maximum atomic E-state index is 6.12. The molecule has 0 amide bonds. The zero-order valence-electron chi connectivity index (χ0n) is 9.66. The first-order chi connectivity index (χ1) is 8.15. The van der Waals surface area contributed by atoms with Gasteiger partial charge in [-0.15, -0.1) is 0 Å². The summed E-state index contributed by atoms with van der Waals surface area (Å²) < 4.78 is 5.58. The maximum Gasteiger partial charge on any atom is 0.0590 e. The van der Waals surface area contributed by atoms with Crippen molar-refractivity contribution in [3.63, 3.8) is 0 Å². The van der Waals surface area contributed by atoms with E-state index in [0.29, 0.717) is 16.1 Å². The van der Waals surface area contributed by atoms with Crippen LogP contribution in [0.5, 0.6) is 0 Å². The highest BCUT2D eigenvalue weighted by Gasteiger charge is 2.19. The molecule has 2 atom stereocenters. The van der Waals surface area contributed by atoms with E-state index in [1.807, 2.05) is 12.1 Å². The Morgan fingerprint density at radius 3 is 2.88 bits per heavy atom. The monoisotopic (exact) mass is 273 g/mol. The summed E-state index contributed by atoms with van der Waals surface area (Å²) in [6, 6.07) is 5.65. The second-order valence-electron chi connectivity index (χ2n) is 4.57. The molecule has 4 heteroatoms. The summed E-state index contributed by atoms with van der Waals surface area (Å²) in [5.74, 6) is 0. The van der Waals surface area contributed by atoms with Crippen LogP contribution in [0, 0.1) is 0 Å². The van der Waals surface area contributed by atoms with Crippen LogP contribution in [0.3, 0.4) is 0 Å². The van der Waals surface area contributed by atoms with Crippen molar-refractivity contribution in [3.05, 3.63) is 33.8 Å². The lowest BCUT2D eigenvalue weighted by Gasteiger charge is -2.16. The number of rotatable bonds is 4. The van der Waals surface area contributed by atoms with E-state index >= 15 is 0 Å². The molecule has 1 saturated heterocycles. The Morgan fingerprint density at radius 1 is 1.41 bits per heavy atom. The molecule has 2 N–H and O–H groups in total. The molecule has 0 aromatic heterocycles. The first-order valence-electron chi connectivity index (χ1n) is 5.96. The van der Waals surface area contributed by atoms with E-state index in [1.165, 1.54) is 0 Å². The zero-order chi connectivity index (χ0) is 12.3. The fraction of sp³-hybridized carbons (Fsp3) is 0.538. The smallest absolute Gasteiger partial charge is 0.0590 e. The van der Waals surface area contributed by atoms with Crippen LogP contribution in [0.25, 0.3) is 0 Å². The van der Waals surface area contributed by atoms with Crippen molar-refractivity contribution >= 4 is 23.2 Å². The normalized spacial score (nSPS) is 21.7. The van der Waals surface area contributed by atoms with Crippen molar-refractivity contribution < 1.29 is 4.74 Å². The third-order valence-corrected chi connectivity index (χ3v) is 3.67. The molecule has 1 fully saturated rings. The number of halogens is 2. The van der Waals surface area contributed by atoms with Gasteiger partial charge in [0.25, 0.3) is 0 Å². The quantitative estimate of drug-likeness (QED) is 0.912. The molecule has 0 radical (unpaired) electrons. The Morgan fingerprint density at radius 2 is 2.24 bits per heavy atom. The average molecular weight is 274 g/mol. The maximum absolute atomic E-state index is 6.12. The third-order valence-electron chi connectivity index (χ3n) is 3.09. The minimum atomic E-state index is 0.0942. The van der Waals surface area contributed by atoms with Crippen LogP contribution in [-0.2, 0) is 11.2 Å². The summed E-state index contributed by atoms with van der Waals surface area (Å²) in [5, 5.41) is 1.35. The van der Waals surface area contributed by atoms with Crippen molar-refractivity contribution in [2.45, 2.75) is 37.8 Å². The summed E-state index contributed by atoms with van der Waals surface area (Å²) in [5.41, 5.74) is 7.18. The predicted octanol–water partition coefficient (Wildman–Crippen LogP) is 3.43. The molecule has 1 aliphatic rings. The predicted molar refractivity (Wildman–Crippen MR) is 71.7 cm³/mol. The second-order valence-corrected chi connectivity index (χ2v) is 5.41. The summed E-state index contributed by atoms with van der Waals surface area (Å²) in [6.07, 6.45) is 4.28. The number of nitrogens with two attached hydrogens (primary N) is 1. The van der Waals surface area contributed by atoms with Crippen LogP contribution in [0.15, 0.2) is 18.2 Å². The Bertz CT molecular complexity index is 378. The molecule has 1 aliphatic heterocycles. The highest BCUT2D eigenvalue weighted by Crippen LogP contribution is 2.23. The zero-order valence-corrected chi connectivity index (χ0v) is 11.2. The first-order valence-corrected chi connectivity index (χ1v) is 6.72. The molecular weight excluding hydrogens is 257 g/mol. The van der Waals surface area contributed by atoms with Gasteiger partial charge < -0.3 is 10.5 Å². The number of benzene rings is 1. The first kappa shape index (κ1) is 13.2. The van der Waals surface area contributed by atoms with Crippen LogP contribution >= 0.6 is 23.2 Å². The fourth-order valence-corrected chi connectivity index (χ4v) is 2.71. The van der Waals surface area contributed by atoms with Crippen molar-refractivity contribution in [1.29, 1.82) is 0 Å². The minimum Gasteiger partial charge on any atom is -0.378 e. The molecule has 1 heterocycles. The Balaban J connectivity index is 1.90. The van der Waals surface area contributed by atoms with Crippen LogP contribution in [0.2, 0.25) is 10.0 Å². The van der Waals surface area contributed by atoms with Crippen molar-refractivity contribution in [3.8, 4) is 0 Å². The molecule has 2 nitrogen and oxygen atoms in total. The van der Waals surface area contributed by atoms with Gasteiger partial charge in [0.2, 0.25) is 0 Å². The topological polar surface area (TPSA) is 35.2 Å². The van der Waals surface area contributed by atoms with E-state index in [4.69, 9.17) is 33.7 Å². The summed E-state index contributed by atoms with van der Waals surface area (Å²) >= 11 is 12.0. The molecule has 0 bridgehead atoms. The van der Waals surface area contributed by atoms with Gasteiger partial charge in [-0.1, -0.05) is 29.3 Å². The molecule has 1 aromatic rings. The second kappa shape index (κ2) is 6.05. The molecular formula is C13H17Cl2NO. The third kappa shape index (κ3) is 3.85. The lowest BCUT2D eigenvalue weighted by molar-refractivity contribution is 0.0983. The SMILES string of the molecule is NC(Cc1ccc(Cl)cc1Cl)CC1CCCO1. The lowest BCUT2D eigenvalue weighted by Crippen LogP contribution is -2.28. The van der Waals surface area contributed by atoms with E-state index in [-0.39, 0.29) is 6.04 Å². The van der Waals surface area contributed by atoms with E-state index in [1.54, 1.807) is 6.07 Å². The van der Waals surface area contributed by atoms with Crippen LogP contribution in [-0.4, -0.2) is 18.8 Å². The van der Waals surface area contributed by atoms with E-state index in [2.05, 4.69) is 0 Å². The van der Waals surface area contributed by atoms with Gasteiger partial charge in [-0.3, -0.25) is 0 Å². The number of ether oxygens (including phenoxy) is 1. The van der Waals surface area contributed by atoms with Crippen LogP contribution < -0.4 is 5.73 Å². The Hall–Kier alpha value is -0.280. The highest BCUT2D eigenvalue weighted by molar-refractivity contribution is 6.35. The van der Waals surface area contributed by atoms with Gasteiger partial charge in [0.15, 0.2) is 0 Å². The molecule has 0 saturated carbocycles. The average Bonchev–Trinajstić information content (AvgIpc) is 2.75. The number of hydrogen-bond donors (Lipinski definition) is 1. The van der Waals surface area contributed by atoms with Gasteiger partial charge >= 0.3 is 0 Å². The molecule has 94 valence electrons. The molecule has 2 unspecified atom stereocenters. The van der Waals surface area contributed by atoms with E-state index in [9.17, 15) is 0 Å². The standard InChI is InChI=1S/C13H17Cl2NO/c14-10-4-3-9(13(15)7-10)6-11(16)8-12-2-1-5-17-12/h3-4,7,11-12H,1-2,5-6,8,16H2.